The molecule has 0 heterocycles. The Labute approximate surface area is 236 Å². The topological polar surface area (TPSA) is 119 Å². The van der Waals surface area contributed by atoms with Crippen molar-refractivity contribution in [3.05, 3.63) is 12.7 Å². The first-order valence-corrected chi connectivity index (χ1v) is 15.5. The molecule has 4 aliphatic carbocycles. The van der Waals surface area contributed by atoms with Gasteiger partial charge in [-0.1, -0.05) is 33.8 Å². The van der Waals surface area contributed by atoms with Crippen LogP contribution in [0.4, 0.5) is 0 Å². The first-order chi connectivity index (χ1) is 18.5. The Morgan fingerprint density at radius 2 is 1.95 bits per heavy atom. The van der Waals surface area contributed by atoms with Crippen molar-refractivity contribution in [1.82, 2.24) is 5.32 Å². The van der Waals surface area contributed by atoms with Gasteiger partial charge in [0.15, 0.2) is 0 Å². The summed E-state index contributed by atoms with van der Waals surface area (Å²) in [6.45, 7) is 12.9. The van der Waals surface area contributed by atoms with E-state index in [1.54, 1.807) is 6.08 Å². The molecule has 4 aliphatic rings. The van der Waals surface area contributed by atoms with Gasteiger partial charge in [0, 0.05) is 34.5 Å². The number of aliphatic hydroxyl groups excluding tert-OH is 1. The SMILES string of the molecule is C=C[C@]1(C)C[C@@H](OC(=O)CS[C@@H]2C[C@@H](NC=O)CC[C@H]2OC=O)[C@]2(C)C(C)CCC3(CCC(=O)[C@H]32)[C@@H](C)[C@@H]1O. The minimum absolute atomic E-state index is 0.0339. The van der Waals surface area contributed by atoms with E-state index in [1.807, 2.05) is 6.92 Å². The third-order valence-electron chi connectivity index (χ3n) is 11.3. The van der Waals surface area contributed by atoms with Crippen LogP contribution < -0.4 is 5.32 Å². The average molecular weight is 564 g/mol. The van der Waals surface area contributed by atoms with E-state index >= 15 is 0 Å². The van der Waals surface area contributed by atoms with Gasteiger partial charge < -0.3 is 19.9 Å². The van der Waals surface area contributed by atoms with Gasteiger partial charge in [-0.15, -0.1) is 18.3 Å². The summed E-state index contributed by atoms with van der Waals surface area (Å²) >= 11 is 1.38. The van der Waals surface area contributed by atoms with Gasteiger partial charge in [0.25, 0.3) is 6.47 Å². The first-order valence-electron chi connectivity index (χ1n) is 14.4. The van der Waals surface area contributed by atoms with Crippen LogP contribution in [0.3, 0.4) is 0 Å². The lowest BCUT2D eigenvalue weighted by atomic mass is 9.44. The monoisotopic (exact) mass is 563 g/mol. The van der Waals surface area contributed by atoms with E-state index in [2.05, 4.69) is 32.7 Å². The molecule has 4 saturated carbocycles. The summed E-state index contributed by atoms with van der Waals surface area (Å²) in [7, 11) is 0. The largest absolute Gasteiger partial charge is 0.463 e. The highest BCUT2D eigenvalue weighted by molar-refractivity contribution is 8.00. The van der Waals surface area contributed by atoms with Gasteiger partial charge in [-0.3, -0.25) is 19.2 Å². The number of esters is 1. The van der Waals surface area contributed by atoms with E-state index in [0.717, 1.165) is 19.3 Å². The van der Waals surface area contributed by atoms with E-state index in [1.165, 1.54) is 11.8 Å². The number of carbonyl (C=O) groups is 4. The molecular weight excluding hydrogens is 518 g/mol. The van der Waals surface area contributed by atoms with Crippen molar-refractivity contribution in [2.75, 3.05) is 5.75 Å². The van der Waals surface area contributed by atoms with Crippen LogP contribution in [0.25, 0.3) is 0 Å². The van der Waals surface area contributed by atoms with Crippen molar-refractivity contribution in [2.24, 2.45) is 34.0 Å². The van der Waals surface area contributed by atoms with Gasteiger partial charge in [0.2, 0.25) is 6.41 Å². The Balaban J connectivity index is 1.59. The second kappa shape index (κ2) is 11.6. The maximum Gasteiger partial charge on any atom is 0.316 e. The van der Waals surface area contributed by atoms with E-state index in [0.29, 0.717) is 45.0 Å². The number of hydrogen-bond acceptors (Lipinski definition) is 8. The molecule has 9 heteroatoms. The lowest BCUT2D eigenvalue weighted by molar-refractivity contribution is -0.205. The molecule has 2 unspecified atom stereocenters. The van der Waals surface area contributed by atoms with E-state index < -0.39 is 23.0 Å². The minimum atomic E-state index is -0.706. The predicted octanol–water partition coefficient (Wildman–Crippen LogP) is 3.83. The zero-order valence-corrected chi connectivity index (χ0v) is 24.5. The molecule has 0 aliphatic heterocycles. The summed E-state index contributed by atoms with van der Waals surface area (Å²) in [4.78, 5) is 49.0. The second-order valence-corrected chi connectivity index (χ2v) is 14.2. The molecule has 2 bridgehead atoms. The highest BCUT2D eigenvalue weighted by atomic mass is 32.2. The Hall–Kier alpha value is -1.87. The van der Waals surface area contributed by atoms with Crippen LogP contribution in [0.5, 0.6) is 0 Å². The number of hydrogen-bond donors (Lipinski definition) is 2. The van der Waals surface area contributed by atoms with Crippen LogP contribution in [0.2, 0.25) is 0 Å². The molecule has 2 N–H and O–H groups in total. The lowest BCUT2D eigenvalue weighted by Gasteiger charge is -2.61. The van der Waals surface area contributed by atoms with Gasteiger partial charge in [-0.2, -0.15) is 0 Å². The maximum absolute atomic E-state index is 13.5. The molecule has 0 spiro atoms. The third-order valence-corrected chi connectivity index (χ3v) is 12.6. The smallest absolute Gasteiger partial charge is 0.316 e. The molecular formula is C30H45NO7S. The second-order valence-electron chi connectivity index (χ2n) is 13.0. The summed E-state index contributed by atoms with van der Waals surface area (Å²) in [6.07, 6.45) is 6.24. The van der Waals surface area contributed by atoms with Crippen LogP contribution in [0.1, 0.15) is 79.1 Å². The molecule has 218 valence electrons. The predicted molar refractivity (Wildman–Crippen MR) is 149 cm³/mol. The van der Waals surface area contributed by atoms with Crippen molar-refractivity contribution < 1.29 is 33.8 Å². The summed E-state index contributed by atoms with van der Waals surface area (Å²) in [6, 6.07) is -0.0339. The van der Waals surface area contributed by atoms with E-state index in [9.17, 15) is 24.3 Å². The average Bonchev–Trinajstić information content (AvgIpc) is 3.27. The highest BCUT2D eigenvalue weighted by Gasteiger charge is 2.68. The number of nitrogens with one attached hydrogen (secondary N) is 1. The zero-order valence-electron chi connectivity index (χ0n) is 23.7. The first kappa shape index (κ1) is 30.1. The van der Waals surface area contributed by atoms with Crippen molar-refractivity contribution in [2.45, 2.75) is 109 Å². The Bertz CT molecular complexity index is 975. The number of ether oxygens (including phenoxy) is 2. The van der Waals surface area contributed by atoms with Crippen LogP contribution in [-0.2, 0) is 28.7 Å². The minimum Gasteiger partial charge on any atom is -0.463 e. The van der Waals surface area contributed by atoms with Crippen molar-refractivity contribution >= 4 is 36.4 Å². The Morgan fingerprint density at radius 3 is 2.62 bits per heavy atom. The quantitative estimate of drug-likeness (QED) is 0.247. The van der Waals surface area contributed by atoms with Crippen molar-refractivity contribution in [1.29, 1.82) is 0 Å². The molecule has 39 heavy (non-hydrogen) atoms. The molecule has 0 radical (unpaired) electrons. The van der Waals surface area contributed by atoms with Crippen LogP contribution >= 0.6 is 11.8 Å². The fourth-order valence-electron chi connectivity index (χ4n) is 8.62. The van der Waals surface area contributed by atoms with Crippen molar-refractivity contribution in [3.63, 3.8) is 0 Å². The number of ketones is 1. The van der Waals surface area contributed by atoms with E-state index in [-0.39, 0.29) is 58.1 Å². The summed E-state index contributed by atoms with van der Waals surface area (Å²) < 4.78 is 11.6. The Morgan fingerprint density at radius 1 is 1.21 bits per heavy atom. The van der Waals surface area contributed by atoms with Gasteiger partial charge in [-0.25, -0.2) is 0 Å². The summed E-state index contributed by atoms with van der Waals surface area (Å²) in [5, 5.41) is 14.3. The van der Waals surface area contributed by atoms with Crippen LogP contribution in [0, 0.1) is 34.0 Å². The molecule has 0 aromatic carbocycles. The van der Waals surface area contributed by atoms with Gasteiger partial charge in [0.05, 0.1) is 11.9 Å². The summed E-state index contributed by atoms with van der Waals surface area (Å²) in [5.74, 6) is -0.276. The maximum atomic E-state index is 13.5. The van der Waals surface area contributed by atoms with Gasteiger partial charge in [0.1, 0.15) is 18.0 Å². The highest BCUT2D eigenvalue weighted by Crippen LogP contribution is 2.68. The number of amides is 1. The van der Waals surface area contributed by atoms with Crippen molar-refractivity contribution in [3.8, 4) is 0 Å². The van der Waals surface area contributed by atoms with Crippen LogP contribution in [-0.4, -0.2) is 65.1 Å². The number of rotatable bonds is 9. The Kier molecular flexibility index (Phi) is 8.91. The standard InChI is InChI=1S/C30H45NO7S/c1-6-28(4)14-24(38-25(35)15-39-23-13-20(31-16-32)7-8-22(23)37-17-33)29(5)18(2)9-11-30(19(3)27(28)36)12-10-21(34)26(29)30/h6,16-20,22-24,26-27,36H,1,7-15H2,2-5H3,(H,31,32)/t18?,19-,20-,22+,23+,24+,26-,27-,28+,29-,30?/m0/s1. The zero-order chi connectivity index (χ0) is 28.6. The molecule has 8 nitrogen and oxygen atoms in total. The third kappa shape index (κ3) is 5.18. The molecule has 0 aromatic heterocycles. The lowest BCUT2D eigenvalue weighted by Crippen LogP contribution is -2.63. The number of Topliss-reactive ketones (excluding diaryl/α,β-unsaturated/α-hetero) is 1. The summed E-state index contributed by atoms with van der Waals surface area (Å²) in [5.41, 5.74) is -1.55. The fraction of sp³-hybridized carbons (Fsp3) is 0.800. The van der Waals surface area contributed by atoms with Gasteiger partial charge >= 0.3 is 5.97 Å². The normalized spacial score (nSPS) is 45.7. The molecule has 4 fully saturated rings. The molecule has 11 atom stereocenters. The number of thioether (sulfide) groups is 1. The molecule has 0 saturated heterocycles. The van der Waals surface area contributed by atoms with Crippen LogP contribution in [0.15, 0.2) is 12.7 Å². The molecule has 0 aromatic rings. The fourth-order valence-corrected chi connectivity index (χ4v) is 9.82. The molecule has 4 rings (SSSR count). The molecule has 1 amide bonds. The number of carbonyl (C=O) groups excluding carboxylic acids is 4. The number of aliphatic hydroxyl groups is 1. The van der Waals surface area contributed by atoms with E-state index in [4.69, 9.17) is 9.47 Å². The van der Waals surface area contributed by atoms with Gasteiger partial charge in [-0.05, 0) is 62.2 Å².